The summed E-state index contributed by atoms with van der Waals surface area (Å²) < 4.78 is 0. The third kappa shape index (κ3) is 2.31. The summed E-state index contributed by atoms with van der Waals surface area (Å²) >= 11 is 1.71. The third-order valence-electron chi connectivity index (χ3n) is 2.41. The highest BCUT2D eigenvalue weighted by molar-refractivity contribution is 7.11. The highest BCUT2D eigenvalue weighted by Crippen LogP contribution is 2.20. The number of carboxylic acid groups (broad SMARTS) is 1. The Bertz CT molecular complexity index is 514. The van der Waals surface area contributed by atoms with Crippen molar-refractivity contribution in [2.24, 2.45) is 0 Å². The molecule has 0 bridgehead atoms. The Kier molecular flexibility index (Phi) is 3.06. The number of thiophene rings is 1. The van der Waals surface area contributed by atoms with Crippen molar-refractivity contribution in [3.8, 4) is 0 Å². The molecule has 1 heterocycles. The first-order valence-corrected chi connectivity index (χ1v) is 5.85. The molecule has 1 N–H and O–H groups in total. The van der Waals surface area contributed by atoms with Gasteiger partial charge in [-0.25, -0.2) is 4.79 Å². The summed E-state index contributed by atoms with van der Waals surface area (Å²) in [5, 5.41) is 9.05. The minimum Gasteiger partial charge on any atom is -0.478 e. The average molecular weight is 232 g/mol. The van der Waals surface area contributed by atoms with Crippen LogP contribution in [0.3, 0.4) is 0 Å². The number of rotatable bonds is 3. The van der Waals surface area contributed by atoms with Crippen LogP contribution in [0.15, 0.2) is 36.4 Å². The van der Waals surface area contributed by atoms with Crippen molar-refractivity contribution in [1.82, 2.24) is 0 Å². The first-order valence-electron chi connectivity index (χ1n) is 5.03. The largest absolute Gasteiger partial charge is 0.478 e. The van der Waals surface area contributed by atoms with Crippen molar-refractivity contribution in [3.63, 3.8) is 0 Å². The molecule has 0 spiro atoms. The Labute approximate surface area is 98.2 Å². The Morgan fingerprint density at radius 1 is 1.25 bits per heavy atom. The van der Waals surface area contributed by atoms with Crippen LogP contribution in [0.2, 0.25) is 0 Å². The fraction of sp³-hybridized carbons (Fsp3) is 0.154. The Balaban J connectivity index is 2.31. The van der Waals surface area contributed by atoms with Gasteiger partial charge in [0.2, 0.25) is 0 Å². The van der Waals surface area contributed by atoms with Crippen LogP contribution in [-0.2, 0) is 6.42 Å². The number of carbonyl (C=O) groups is 1. The zero-order valence-corrected chi connectivity index (χ0v) is 9.75. The quantitative estimate of drug-likeness (QED) is 0.881. The van der Waals surface area contributed by atoms with Gasteiger partial charge < -0.3 is 5.11 Å². The number of aromatic carboxylic acids is 1. The molecule has 0 saturated carbocycles. The van der Waals surface area contributed by atoms with Gasteiger partial charge in [-0.3, -0.25) is 0 Å². The van der Waals surface area contributed by atoms with Gasteiger partial charge in [-0.15, -0.1) is 11.3 Å². The average Bonchev–Trinajstić information content (AvgIpc) is 2.64. The summed E-state index contributed by atoms with van der Waals surface area (Å²) in [5.41, 5.74) is 1.27. The van der Waals surface area contributed by atoms with Crippen LogP contribution in [0.4, 0.5) is 0 Å². The molecule has 0 saturated heterocycles. The molecule has 0 aliphatic heterocycles. The molecule has 0 amide bonds. The first-order chi connectivity index (χ1) is 7.66. The number of hydrogen-bond donors (Lipinski definition) is 1. The number of carboxylic acids is 1. The molecule has 0 aliphatic carbocycles. The molecule has 0 radical (unpaired) electrons. The number of hydrogen-bond acceptors (Lipinski definition) is 2. The van der Waals surface area contributed by atoms with Crippen molar-refractivity contribution in [3.05, 3.63) is 57.3 Å². The smallest absolute Gasteiger partial charge is 0.335 e. The van der Waals surface area contributed by atoms with Crippen molar-refractivity contribution in [2.45, 2.75) is 13.3 Å². The van der Waals surface area contributed by atoms with Crippen molar-refractivity contribution < 1.29 is 9.90 Å². The molecule has 16 heavy (non-hydrogen) atoms. The molecule has 2 rings (SSSR count). The van der Waals surface area contributed by atoms with Crippen LogP contribution >= 0.6 is 11.3 Å². The molecule has 3 heteroatoms. The first kappa shape index (κ1) is 10.9. The normalized spacial score (nSPS) is 10.3. The SMILES string of the molecule is Cc1ccc(Cc2ccccc2C(=O)O)s1. The Morgan fingerprint density at radius 2 is 2.00 bits per heavy atom. The lowest BCUT2D eigenvalue weighted by Crippen LogP contribution is -2.01. The minimum atomic E-state index is -0.858. The van der Waals surface area contributed by atoms with Gasteiger partial charge in [0.25, 0.3) is 0 Å². The number of benzene rings is 1. The maximum Gasteiger partial charge on any atom is 0.335 e. The lowest BCUT2D eigenvalue weighted by atomic mass is 10.0. The summed E-state index contributed by atoms with van der Waals surface area (Å²) in [6, 6.07) is 11.3. The van der Waals surface area contributed by atoms with Gasteiger partial charge in [0.05, 0.1) is 5.56 Å². The minimum absolute atomic E-state index is 0.397. The van der Waals surface area contributed by atoms with Crippen LogP contribution in [0.5, 0.6) is 0 Å². The highest BCUT2D eigenvalue weighted by atomic mass is 32.1. The van der Waals surface area contributed by atoms with Crippen molar-refractivity contribution >= 4 is 17.3 Å². The predicted octanol–water partition coefficient (Wildman–Crippen LogP) is 3.35. The van der Waals surface area contributed by atoms with Gasteiger partial charge in [-0.05, 0) is 30.7 Å². The molecule has 0 fully saturated rings. The van der Waals surface area contributed by atoms with E-state index in [2.05, 4.69) is 19.1 Å². The lowest BCUT2D eigenvalue weighted by Gasteiger charge is -2.03. The van der Waals surface area contributed by atoms with Crippen LogP contribution in [0.1, 0.15) is 25.7 Å². The van der Waals surface area contributed by atoms with E-state index in [1.165, 1.54) is 9.75 Å². The van der Waals surface area contributed by atoms with Crippen LogP contribution in [0, 0.1) is 6.92 Å². The van der Waals surface area contributed by atoms with Crippen LogP contribution in [0.25, 0.3) is 0 Å². The van der Waals surface area contributed by atoms with E-state index in [4.69, 9.17) is 5.11 Å². The second-order valence-corrected chi connectivity index (χ2v) is 5.02. The zero-order chi connectivity index (χ0) is 11.5. The Hall–Kier alpha value is -1.61. The molecular formula is C13H12O2S. The van der Waals surface area contributed by atoms with E-state index >= 15 is 0 Å². The topological polar surface area (TPSA) is 37.3 Å². The van der Waals surface area contributed by atoms with Gasteiger partial charge in [-0.2, -0.15) is 0 Å². The summed E-state index contributed by atoms with van der Waals surface area (Å²) in [6.07, 6.45) is 0.695. The predicted molar refractivity (Wildman–Crippen MR) is 65.3 cm³/mol. The van der Waals surface area contributed by atoms with Crippen molar-refractivity contribution in [1.29, 1.82) is 0 Å². The molecule has 0 unspecified atom stereocenters. The van der Waals surface area contributed by atoms with E-state index in [1.807, 2.05) is 12.1 Å². The van der Waals surface area contributed by atoms with Gasteiger partial charge in [0, 0.05) is 16.2 Å². The van der Waals surface area contributed by atoms with Gasteiger partial charge >= 0.3 is 5.97 Å². The fourth-order valence-corrected chi connectivity index (χ4v) is 2.56. The standard InChI is InChI=1S/C13H12O2S/c1-9-6-7-11(16-9)8-10-4-2-3-5-12(10)13(14)15/h2-7H,8H2,1H3,(H,14,15). The summed E-state index contributed by atoms with van der Waals surface area (Å²) in [5.74, 6) is -0.858. The van der Waals surface area contributed by atoms with E-state index in [0.717, 1.165) is 5.56 Å². The summed E-state index contributed by atoms with van der Waals surface area (Å²) in [7, 11) is 0. The van der Waals surface area contributed by atoms with Crippen LogP contribution in [-0.4, -0.2) is 11.1 Å². The van der Waals surface area contributed by atoms with Crippen molar-refractivity contribution in [2.75, 3.05) is 0 Å². The summed E-state index contributed by atoms with van der Waals surface area (Å²) in [6.45, 7) is 2.05. The molecule has 1 aromatic carbocycles. The Morgan fingerprint density at radius 3 is 2.62 bits per heavy atom. The molecule has 2 nitrogen and oxygen atoms in total. The maximum absolute atomic E-state index is 11.0. The van der Waals surface area contributed by atoms with E-state index in [9.17, 15) is 4.79 Å². The molecular weight excluding hydrogens is 220 g/mol. The van der Waals surface area contributed by atoms with E-state index < -0.39 is 5.97 Å². The number of aryl methyl sites for hydroxylation is 1. The highest BCUT2D eigenvalue weighted by Gasteiger charge is 2.09. The maximum atomic E-state index is 11.0. The molecule has 0 atom stereocenters. The second-order valence-electron chi connectivity index (χ2n) is 3.65. The lowest BCUT2D eigenvalue weighted by molar-refractivity contribution is 0.0696. The molecule has 2 aromatic rings. The molecule has 82 valence electrons. The van der Waals surface area contributed by atoms with Crippen LogP contribution < -0.4 is 0 Å². The van der Waals surface area contributed by atoms with E-state index in [0.29, 0.717) is 12.0 Å². The molecule has 0 aliphatic rings. The van der Waals surface area contributed by atoms with Gasteiger partial charge in [-0.1, -0.05) is 18.2 Å². The molecule has 1 aromatic heterocycles. The van der Waals surface area contributed by atoms with Gasteiger partial charge in [0.1, 0.15) is 0 Å². The van der Waals surface area contributed by atoms with E-state index in [-0.39, 0.29) is 0 Å². The monoisotopic (exact) mass is 232 g/mol. The van der Waals surface area contributed by atoms with E-state index in [1.54, 1.807) is 23.5 Å². The van der Waals surface area contributed by atoms with Gasteiger partial charge in [0.15, 0.2) is 0 Å². The second kappa shape index (κ2) is 4.49. The fourth-order valence-electron chi connectivity index (χ4n) is 1.65. The zero-order valence-electron chi connectivity index (χ0n) is 8.93. The summed E-state index contributed by atoms with van der Waals surface area (Å²) in [4.78, 5) is 13.5. The third-order valence-corrected chi connectivity index (χ3v) is 3.41.